The van der Waals surface area contributed by atoms with Gasteiger partial charge in [0.05, 0.1) is 3.92 Å². The molecule has 2 aromatic carbocycles. The summed E-state index contributed by atoms with van der Waals surface area (Å²) in [6.45, 7) is 0. The summed E-state index contributed by atoms with van der Waals surface area (Å²) in [7, 11) is 1.36. The van der Waals surface area contributed by atoms with E-state index in [4.69, 9.17) is 10.5 Å². The molecule has 0 unspecified atom stereocenters. The van der Waals surface area contributed by atoms with Crippen LogP contribution >= 0.6 is 22.6 Å². The van der Waals surface area contributed by atoms with Crippen molar-refractivity contribution in [2.45, 2.75) is 22.8 Å². The molecule has 31 heavy (non-hydrogen) atoms. The van der Waals surface area contributed by atoms with Crippen LogP contribution in [0, 0.1) is 0 Å². The number of hydrogen-bond acceptors (Lipinski definition) is 7. The zero-order valence-corrected chi connectivity index (χ0v) is 18.6. The third-order valence-corrected chi connectivity index (χ3v) is 5.28. The lowest BCUT2D eigenvalue weighted by atomic mass is 10.0. The largest absolute Gasteiger partial charge is 0.504 e. The van der Waals surface area contributed by atoms with Gasteiger partial charge in [-0.25, -0.2) is 4.79 Å². The first-order valence-corrected chi connectivity index (χ1v) is 10.3. The number of hydrogen-bond donors (Lipinski definition) is 6. The first kappa shape index (κ1) is 24.1. The molecule has 10 nitrogen and oxygen atoms in total. The van der Waals surface area contributed by atoms with Crippen LogP contribution in [-0.4, -0.2) is 50.2 Å². The molecule has 0 aliphatic rings. The van der Waals surface area contributed by atoms with Crippen LogP contribution in [0.4, 0.5) is 4.79 Å². The molecule has 0 spiro atoms. The highest BCUT2D eigenvalue weighted by molar-refractivity contribution is 14.1. The van der Waals surface area contributed by atoms with Crippen LogP contribution in [0.3, 0.4) is 0 Å². The van der Waals surface area contributed by atoms with Crippen molar-refractivity contribution < 1.29 is 34.4 Å². The Morgan fingerprint density at radius 3 is 2.19 bits per heavy atom. The SMILES string of the molecule is CNC(=O)Oc1cc(C[C@H](NC(=O)[C@@H](I)Cc2ccc(O)c(O)c2)C(N)=O)ccc1O. The topological polar surface area (TPSA) is 171 Å². The van der Waals surface area contributed by atoms with Crippen LogP contribution < -0.4 is 21.1 Å². The van der Waals surface area contributed by atoms with Crippen molar-refractivity contribution in [1.82, 2.24) is 10.6 Å². The van der Waals surface area contributed by atoms with Gasteiger partial charge >= 0.3 is 6.09 Å². The summed E-state index contributed by atoms with van der Waals surface area (Å²) >= 11 is 1.90. The van der Waals surface area contributed by atoms with E-state index in [1.54, 1.807) is 6.07 Å². The minimum atomic E-state index is -1.05. The molecule has 11 heteroatoms. The second-order valence-electron chi connectivity index (χ2n) is 6.60. The Balaban J connectivity index is 2.07. The minimum Gasteiger partial charge on any atom is -0.504 e. The zero-order valence-electron chi connectivity index (χ0n) is 16.5. The number of primary amides is 1. The Morgan fingerprint density at radius 1 is 1.00 bits per heavy atom. The predicted molar refractivity (Wildman–Crippen MR) is 119 cm³/mol. The van der Waals surface area contributed by atoms with Gasteiger partial charge in [-0.1, -0.05) is 34.7 Å². The molecule has 166 valence electrons. The van der Waals surface area contributed by atoms with Crippen molar-refractivity contribution in [3.05, 3.63) is 47.5 Å². The number of rotatable bonds is 8. The van der Waals surface area contributed by atoms with E-state index in [0.29, 0.717) is 11.1 Å². The average molecular weight is 543 g/mol. The number of benzene rings is 2. The molecule has 2 atom stereocenters. The van der Waals surface area contributed by atoms with Crippen LogP contribution in [-0.2, 0) is 22.4 Å². The van der Waals surface area contributed by atoms with Crippen molar-refractivity contribution >= 4 is 40.5 Å². The number of halogens is 1. The highest BCUT2D eigenvalue weighted by Gasteiger charge is 2.24. The Kier molecular flexibility index (Phi) is 8.30. The van der Waals surface area contributed by atoms with Crippen LogP contribution in [0.25, 0.3) is 0 Å². The molecule has 2 rings (SSSR count). The molecule has 0 bridgehead atoms. The molecule has 2 aromatic rings. The second-order valence-corrected chi connectivity index (χ2v) is 8.11. The number of carbonyl (C=O) groups excluding carboxylic acids is 3. The summed E-state index contributed by atoms with van der Waals surface area (Å²) in [6.07, 6.45) is -0.524. The predicted octanol–water partition coefficient (Wildman–Crippen LogP) is 1.08. The van der Waals surface area contributed by atoms with E-state index in [1.165, 1.54) is 37.4 Å². The average Bonchev–Trinajstić information content (AvgIpc) is 2.72. The van der Waals surface area contributed by atoms with E-state index in [1.807, 2.05) is 22.6 Å². The number of ether oxygens (including phenoxy) is 1. The number of nitrogens with one attached hydrogen (secondary N) is 2. The number of phenols is 3. The Bertz CT molecular complexity index is 983. The molecule has 0 radical (unpaired) electrons. The summed E-state index contributed by atoms with van der Waals surface area (Å²) in [5.41, 5.74) is 6.55. The number of alkyl halides is 1. The molecule has 0 heterocycles. The Hall–Kier alpha value is -3.22. The zero-order chi connectivity index (χ0) is 23.1. The third-order valence-electron chi connectivity index (χ3n) is 4.27. The quantitative estimate of drug-likeness (QED) is 0.164. The molecule has 0 saturated heterocycles. The van der Waals surface area contributed by atoms with Crippen molar-refractivity contribution in [3.63, 3.8) is 0 Å². The summed E-state index contributed by atoms with van der Waals surface area (Å²) in [5.74, 6) is -2.14. The second kappa shape index (κ2) is 10.7. The standard InChI is InChI=1S/C20H22IN3O7/c1-23-20(30)31-17-9-11(3-5-15(17)26)7-13(18(22)28)24-19(29)12(21)6-10-2-4-14(25)16(27)8-10/h2-5,8-9,12-13,25-27H,6-7H2,1H3,(H2,22,28)(H,23,30)(H,24,29)/t12-,13-/m0/s1. The molecule has 0 saturated carbocycles. The summed E-state index contributed by atoms with van der Waals surface area (Å²) in [6, 6.07) is 7.37. The van der Waals surface area contributed by atoms with Gasteiger partial charge in [-0.3, -0.25) is 9.59 Å². The van der Waals surface area contributed by atoms with E-state index in [-0.39, 0.29) is 35.8 Å². The van der Waals surface area contributed by atoms with E-state index >= 15 is 0 Å². The van der Waals surface area contributed by atoms with E-state index in [0.717, 1.165) is 0 Å². The van der Waals surface area contributed by atoms with E-state index < -0.39 is 27.9 Å². The molecule has 7 N–H and O–H groups in total. The van der Waals surface area contributed by atoms with Crippen LogP contribution in [0.1, 0.15) is 11.1 Å². The maximum Gasteiger partial charge on any atom is 0.412 e. The maximum atomic E-state index is 12.6. The molecule has 3 amide bonds. The van der Waals surface area contributed by atoms with Crippen LogP contribution in [0.5, 0.6) is 23.0 Å². The normalized spacial score (nSPS) is 12.5. The lowest BCUT2D eigenvalue weighted by molar-refractivity contribution is -0.126. The van der Waals surface area contributed by atoms with Gasteiger partial charge in [0, 0.05) is 13.5 Å². The van der Waals surface area contributed by atoms with E-state index in [9.17, 15) is 29.7 Å². The number of carbonyl (C=O) groups is 3. The Labute approximate surface area is 191 Å². The van der Waals surface area contributed by atoms with Crippen LogP contribution in [0.15, 0.2) is 36.4 Å². The van der Waals surface area contributed by atoms with Gasteiger partial charge in [-0.15, -0.1) is 0 Å². The highest BCUT2D eigenvalue weighted by atomic mass is 127. The molecule has 0 aliphatic carbocycles. The fourth-order valence-corrected chi connectivity index (χ4v) is 3.32. The van der Waals surface area contributed by atoms with E-state index in [2.05, 4.69) is 10.6 Å². The Morgan fingerprint density at radius 2 is 1.61 bits per heavy atom. The molecule has 0 fully saturated rings. The van der Waals surface area contributed by atoms with Crippen molar-refractivity contribution in [2.24, 2.45) is 5.73 Å². The fourth-order valence-electron chi connectivity index (χ4n) is 2.63. The molecule has 0 aliphatic heterocycles. The van der Waals surface area contributed by atoms with Crippen molar-refractivity contribution in [3.8, 4) is 23.0 Å². The fraction of sp³-hybridized carbons (Fsp3) is 0.250. The van der Waals surface area contributed by atoms with Crippen molar-refractivity contribution in [2.75, 3.05) is 7.05 Å². The lowest BCUT2D eigenvalue weighted by Gasteiger charge is -2.19. The van der Waals surface area contributed by atoms with Gasteiger partial charge < -0.3 is 36.4 Å². The lowest BCUT2D eigenvalue weighted by Crippen LogP contribution is -2.48. The van der Waals surface area contributed by atoms with Gasteiger partial charge in [0.15, 0.2) is 23.0 Å². The monoisotopic (exact) mass is 543 g/mol. The van der Waals surface area contributed by atoms with Gasteiger partial charge in [0.1, 0.15) is 6.04 Å². The number of amides is 3. The minimum absolute atomic E-state index is 0.00874. The number of aromatic hydroxyl groups is 3. The summed E-state index contributed by atoms with van der Waals surface area (Å²) < 4.78 is 4.35. The first-order valence-electron chi connectivity index (χ1n) is 9.06. The van der Waals surface area contributed by atoms with Gasteiger partial charge in [-0.2, -0.15) is 0 Å². The van der Waals surface area contributed by atoms with Gasteiger partial charge in [0.25, 0.3) is 0 Å². The van der Waals surface area contributed by atoms with Crippen LogP contribution in [0.2, 0.25) is 0 Å². The maximum absolute atomic E-state index is 12.6. The van der Waals surface area contributed by atoms with Gasteiger partial charge in [0.2, 0.25) is 11.8 Å². The third kappa shape index (κ3) is 6.91. The number of nitrogens with two attached hydrogens (primary N) is 1. The highest BCUT2D eigenvalue weighted by Crippen LogP contribution is 2.28. The molecular weight excluding hydrogens is 521 g/mol. The first-order chi connectivity index (χ1) is 14.6. The molecule has 0 aromatic heterocycles. The van der Waals surface area contributed by atoms with Crippen molar-refractivity contribution in [1.29, 1.82) is 0 Å². The van der Waals surface area contributed by atoms with Gasteiger partial charge in [-0.05, 0) is 41.8 Å². The smallest absolute Gasteiger partial charge is 0.412 e. The summed E-state index contributed by atoms with van der Waals surface area (Å²) in [5, 5.41) is 33.6. The number of phenolic OH excluding ortho intramolecular Hbond substituents is 3. The molecular formula is C20H22IN3O7. The summed E-state index contributed by atoms with van der Waals surface area (Å²) in [4.78, 5) is 35.8.